The highest BCUT2D eigenvalue weighted by atomic mass is 16.7. The number of unbranched alkanes of at least 4 members (excludes halogenated alkanes) is 2. The van der Waals surface area contributed by atoms with E-state index in [1.807, 2.05) is 0 Å². The minimum absolute atomic E-state index is 0.0784. The highest BCUT2D eigenvalue weighted by Crippen LogP contribution is 2.33. The van der Waals surface area contributed by atoms with Gasteiger partial charge in [-0.3, -0.25) is 4.79 Å². The lowest BCUT2D eigenvalue weighted by Gasteiger charge is -2.30. The first-order valence-corrected chi connectivity index (χ1v) is 9.07. The van der Waals surface area contributed by atoms with Gasteiger partial charge in [-0.15, -0.1) is 0 Å². The van der Waals surface area contributed by atoms with E-state index >= 15 is 0 Å². The van der Waals surface area contributed by atoms with Crippen LogP contribution in [0.4, 0.5) is 0 Å². The van der Waals surface area contributed by atoms with Crippen LogP contribution in [0, 0.1) is 0 Å². The van der Waals surface area contributed by atoms with Crippen molar-refractivity contribution in [2.24, 2.45) is 0 Å². The number of hydrogen-bond acceptors (Lipinski definition) is 5. The van der Waals surface area contributed by atoms with E-state index in [0.29, 0.717) is 19.6 Å². The van der Waals surface area contributed by atoms with Crippen molar-refractivity contribution in [3.8, 4) is 0 Å². The van der Waals surface area contributed by atoms with Crippen molar-refractivity contribution >= 4 is 5.97 Å². The predicted octanol–water partition coefficient (Wildman–Crippen LogP) is 3.24. The third-order valence-corrected chi connectivity index (χ3v) is 4.55. The number of rotatable bonds is 9. The van der Waals surface area contributed by atoms with Crippen LogP contribution in [0.25, 0.3) is 0 Å². The number of ether oxygens (including phenoxy) is 4. The van der Waals surface area contributed by atoms with Crippen LogP contribution in [0.15, 0.2) is 0 Å². The van der Waals surface area contributed by atoms with E-state index in [9.17, 15) is 4.79 Å². The second-order valence-electron chi connectivity index (χ2n) is 7.25. The number of hydrogen-bond donors (Lipinski definition) is 0. The molecule has 0 aromatic carbocycles. The summed E-state index contributed by atoms with van der Waals surface area (Å²) in [5.41, 5.74) is -0.185. The van der Waals surface area contributed by atoms with E-state index in [0.717, 1.165) is 32.1 Å². The van der Waals surface area contributed by atoms with Crippen LogP contribution in [-0.4, -0.2) is 49.2 Å². The van der Waals surface area contributed by atoms with Crippen LogP contribution >= 0.6 is 0 Å². The molecule has 5 nitrogen and oxygen atoms in total. The van der Waals surface area contributed by atoms with Crippen molar-refractivity contribution in [2.45, 2.75) is 96.2 Å². The zero-order chi connectivity index (χ0) is 16.9. The summed E-state index contributed by atoms with van der Waals surface area (Å²) in [5.74, 6) is -0.146. The first kappa shape index (κ1) is 18.7. The molecule has 0 amide bonds. The Morgan fingerprint density at radius 1 is 1.04 bits per heavy atom. The molecule has 0 aromatic heterocycles. The first-order valence-electron chi connectivity index (χ1n) is 9.07. The minimum Gasteiger partial charge on any atom is -0.457 e. The van der Waals surface area contributed by atoms with E-state index in [1.165, 1.54) is 0 Å². The van der Waals surface area contributed by atoms with Crippen molar-refractivity contribution < 1.29 is 23.7 Å². The maximum absolute atomic E-state index is 11.9. The van der Waals surface area contributed by atoms with Gasteiger partial charge in [0, 0.05) is 6.42 Å². The van der Waals surface area contributed by atoms with E-state index in [-0.39, 0.29) is 36.0 Å². The average molecular weight is 328 g/mol. The summed E-state index contributed by atoms with van der Waals surface area (Å²) in [6.07, 6.45) is 4.90. The molecule has 0 spiro atoms. The van der Waals surface area contributed by atoms with Crippen molar-refractivity contribution in [1.82, 2.24) is 0 Å². The molecule has 2 rings (SSSR count). The van der Waals surface area contributed by atoms with Gasteiger partial charge >= 0.3 is 5.97 Å². The fourth-order valence-electron chi connectivity index (χ4n) is 3.45. The van der Waals surface area contributed by atoms with Gasteiger partial charge in [0.15, 0.2) is 6.10 Å². The van der Waals surface area contributed by atoms with E-state index in [4.69, 9.17) is 18.9 Å². The molecule has 2 aliphatic heterocycles. The van der Waals surface area contributed by atoms with E-state index in [1.54, 1.807) is 0 Å². The molecule has 0 aromatic rings. The van der Waals surface area contributed by atoms with Crippen LogP contribution < -0.4 is 0 Å². The standard InChI is InChI=1S/C18H32O5/c1-5-7-8-9-15(19)22-13-11-20-17-14(12-21-16(13)17)23-18(3,4)10-6-2/h13-14,16-17H,5-12H2,1-4H3/t13-,14-,16+,17+/m0/s1. The SMILES string of the molecule is CCCCCC(=O)O[C@H]1CO[C@H]2[C@@H]1OC[C@@H]2OC(C)(C)CCC. The molecule has 0 aliphatic carbocycles. The largest absolute Gasteiger partial charge is 0.457 e. The van der Waals surface area contributed by atoms with E-state index in [2.05, 4.69) is 27.7 Å². The summed E-state index contributed by atoms with van der Waals surface area (Å²) in [5, 5.41) is 0. The Balaban J connectivity index is 1.81. The number of carbonyl (C=O) groups is 1. The zero-order valence-electron chi connectivity index (χ0n) is 15.0. The van der Waals surface area contributed by atoms with E-state index < -0.39 is 0 Å². The molecule has 2 heterocycles. The molecule has 0 bridgehead atoms. The summed E-state index contributed by atoms with van der Waals surface area (Å²) in [6, 6.07) is 0. The molecule has 2 saturated heterocycles. The smallest absolute Gasteiger partial charge is 0.306 e. The van der Waals surface area contributed by atoms with Crippen molar-refractivity contribution in [2.75, 3.05) is 13.2 Å². The Hall–Kier alpha value is -0.650. The third-order valence-electron chi connectivity index (χ3n) is 4.55. The molecular formula is C18H32O5. The van der Waals surface area contributed by atoms with Gasteiger partial charge in [-0.1, -0.05) is 33.1 Å². The summed E-state index contributed by atoms with van der Waals surface area (Å²) >= 11 is 0. The molecule has 0 unspecified atom stereocenters. The molecule has 4 atom stereocenters. The van der Waals surface area contributed by atoms with Gasteiger partial charge < -0.3 is 18.9 Å². The Bertz CT molecular complexity index is 382. The molecular weight excluding hydrogens is 296 g/mol. The lowest BCUT2D eigenvalue weighted by Crippen LogP contribution is -2.39. The van der Waals surface area contributed by atoms with Crippen LogP contribution in [0.1, 0.15) is 66.2 Å². The third kappa shape index (κ3) is 5.16. The second kappa shape index (κ2) is 8.45. The van der Waals surface area contributed by atoms with Gasteiger partial charge in [-0.25, -0.2) is 0 Å². The highest BCUT2D eigenvalue weighted by molar-refractivity contribution is 5.69. The molecule has 0 radical (unpaired) electrons. The number of esters is 1. The van der Waals surface area contributed by atoms with Gasteiger partial charge in [0.05, 0.1) is 18.8 Å². The molecule has 2 aliphatic rings. The Morgan fingerprint density at radius 3 is 2.35 bits per heavy atom. The molecule has 23 heavy (non-hydrogen) atoms. The van der Waals surface area contributed by atoms with Crippen molar-refractivity contribution in [3.63, 3.8) is 0 Å². The number of carbonyl (C=O) groups excluding carboxylic acids is 1. The van der Waals surface area contributed by atoms with Crippen LogP contribution in [0.5, 0.6) is 0 Å². The second-order valence-corrected chi connectivity index (χ2v) is 7.25. The maximum atomic E-state index is 11.9. The van der Waals surface area contributed by atoms with Gasteiger partial charge in [-0.05, 0) is 26.7 Å². The summed E-state index contributed by atoms with van der Waals surface area (Å²) in [4.78, 5) is 11.9. The molecule has 0 N–H and O–H groups in total. The molecule has 2 fully saturated rings. The summed E-state index contributed by atoms with van der Waals surface area (Å²) < 4.78 is 23.4. The summed E-state index contributed by atoms with van der Waals surface area (Å²) in [7, 11) is 0. The Labute approximate surface area is 140 Å². The van der Waals surface area contributed by atoms with Crippen molar-refractivity contribution in [3.05, 3.63) is 0 Å². The molecule has 5 heteroatoms. The summed E-state index contributed by atoms with van der Waals surface area (Å²) in [6.45, 7) is 9.38. The molecule has 134 valence electrons. The number of fused-ring (bicyclic) bond motifs is 1. The Morgan fingerprint density at radius 2 is 1.70 bits per heavy atom. The van der Waals surface area contributed by atoms with Crippen LogP contribution in [-0.2, 0) is 23.7 Å². The minimum atomic E-state index is -0.294. The quantitative estimate of drug-likeness (QED) is 0.480. The normalized spacial score (nSPS) is 30.4. The fourth-order valence-corrected chi connectivity index (χ4v) is 3.45. The predicted molar refractivity (Wildman–Crippen MR) is 87.4 cm³/mol. The van der Waals surface area contributed by atoms with Crippen LogP contribution in [0.3, 0.4) is 0 Å². The van der Waals surface area contributed by atoms with Gasteiger partial charge in [0.25, 0.3) is 0 Å². The van der Waals surface area contributed by atoms with Gasteiger partial charge in [-0.2, -0.15) is 0 Å². The lowest BCUT2D eigenvalue weighted by atomic mass is 10.0. The molecule has 0 saturated carbocycles. The van der Waals surface area contributed by atoms with Gasteiger partial charge in [0.1, 0.15) is 18.3 Å². The monoisotopic (exact) mass is 328 g/mol. The fraction of sp³-hybridized carbons (Fsp3) is 0.944. The lowest BCUT2D eigenvalue weighted by molar-refractivity contribution is -0.154. The van der Waals surface area contributed by atoms with Gasteiger partial charge in [0.2, 0.25) is 0 Å². The van der Waals surface area contributed by atoms with Crippen molar-refractivity contribution in [1.29, 1.82) is 0 Å². The first-order chi connectivity index (χ1) is 11.0. The zero-order valence-corrected chi connectivity index (χ0v) is 15.0. The maximum Gasteiger partial charge on any atom is 0.306 e. The van der Waals surface area contributed by atoms with Crippen LogP contribution in [0.2, 0.25) is 0 Å². The topological polar surface area (TPSA) is 54.0 Å². The average Bonchev–Trinajstić information content (AvgIpc) is 3.03. The Kier molecular flexibility index (Phi) is 6.86. The highest BCUT2D eigenvalue weighted by Gasteiger charge is 2.51.